The molecule has 0 unspecified atom stereocenters. The van der Waals surface area contributed by atoms with Gasteiger partial charge in [0.05, 0.1) is 13.7 Å². The normalized spacial score (nSPS) is 10.7. The standard InChI is InChI=1S/C26H24N2O4/c1-3-31-24-14-9-20(16-25(24)30-2)15-21(17-27)26(29)28-22-10-12-23(13-11-22)32-18-19-7-5-4-6-8-19/h4-16H,3,18H2,1-2H3,(H,28,29)/b21-15+. The maximum Gasteiger partial charge on any atom is 0.266 e. The third kappa shape index (κ3) is 6.13. The fourth-order valence-electron chi connectivity index (χ4n) is 2.94. The molecule has 0 spiro atoms. The first-order valence-electron chi connectivity index (χ1n) is 10.1. The summed E-state index contributed by atoms with van der Waals surface area (Å²) in [5, 5.41) is 12.2. The Morgan fingerprint density at radius 3 is 2.41 bits per heavy atom. The van der Waals surface area contributed by atoms with Crippen molar-refractivity contribution in [2.45, 2.75) is 13.5 Å². The first-order chi connectivity index (χ1) is 15.6. The van der Waals surface area contributed by atoms with Gasteiger partial charge in [-0.25, -0.2) is 0 Å². The molecular formula is C26H24N2O4. The van der Waals surface area contributed by atoms with E-state index in [-0.39, 0.29) is 5.57 Å². The first kappa shape index (κ1) is 22.4. The van der Waals surface area contributed by atoms with Crippen LogP contribution < -0.4 is 19.5 Å². The number of nitrogens with one attached hydrogen (secondary N) is 1. The van der Waals surface area contributed by atoms with E-state index in [4.69, 9.17) is 14.2 Å². The summed E-state index contributed by atoms with van der Waals surface area (Å²) in [5.74, 6) is 1.32. The third-order valence-electron chi connectivity index (χ3n) is 4.52. The van der Waals surface area contributed by atoms with E-state index >= 15 is 0 Å². The molecule has 0 saturated heterocycles. The van der Waals surface area contributed by atoms with E-state index in [1.165, 1.54) is 13.2 Å². The number of carbonyl (C=O) groups is 1. The van der Waals surface area contributed by atoms with Crippen molar-refractivity contribution >= 4 is 17.7 Å². The quantitative estimate of drug-likeness (QED) is 0.373. The lowest BCUT2D eigenvalue weighted by Crippen LogP contribution is -2.13. The molecule has 6 nitrogen and oxygen atoms in total. The van der Waals surface area contributed by atoms with Crippen LogP contribution in [0.15, 0.2) is 78.4 Å². The Balaban J connectivity index is 1.65. The van der Waals surface area contributed by atoms with Gasteiger partial charge in [0.2, 0.25) is 0 Å². The van der Waals surface area contributed by atoms with E-state index in [9.17, 15) is 10.1 Å². The second kappa shape index (κ2) is 11.2. The van der Waals surface area contributed by atoms with Crippen molar-refractivity contribution in [2.75, 3.05) is 19.0 Å². The molecule has 0 heterocycles. The molecule has 32 heavy (non-hydrogen) atoms. The van der Waals surface area contributed by atoms with Crippen LogP contribution in [0, 0.1) is 11.3 Å². The van der Waals surface area contributed by atoms with Crippen LogP contribution in [0.4, 0.5) is 5.69 Å². The Labute approximate surface area is 187 Å². The summed E-state index contributed by atoms with van der Waals surface area (Å²) in [5.41, 5.74) is 2.26. The number of rotatable bonds is 9. The van der Waals surface area contributed by atoms with Gasteiger partial charge in [-0.3, -0.25) is 4.79 Å². The highest BCUT2D eigenvalue weighted by atomic mass is 16.5. The molecule has 0 aliphatic heterocycles. The maximum atomic E-state index is 12.6. The van der Waals surface area contributed by atoms with E-state index < -0.39 is 5.91 Å². The van der Waals surface area contributed by atoms with Crippen molar-refractivity contribution in [1.82, 2.24) is 0 Å². The first-order valence-corrected chi connectivity index (χ1v) is 10.1. The number of benzene rings is 3. The second-order valence-electron chi connectivity index (χ2n) is 6.77. The predicted octanol–water partition coefficient (Wildman–Crippen LogP) is 5.22. The van der Waals surface area contributed by atoms with Crippen LogP contribution in [0.1, 0.15) is 18.1 Å². The highest BCUT2D eigenvalue weighted by Crippen LogP contribution is 2.29. The maximum absolute atomic E-state index is 12.6. The van der Waals surface area contributed by atoms with Gasteiger partial charge in [-0.1, -0.05) is 36.4 Å². The van der Waals surface area contributed by atoms with Gasteiger partial charge in [-0.15, -0.1) is 0 Å². The number of nitrogens with zero attached hydrogens (tertiary/aromatic N) is 1. The van der Waals surface area contributed by atoms with Crippen LogP contribution in [0.5, 0.6) is 17.2 Å². The van der Waals surface area contributed by atoms with Gasteiger partial charge < -0.3 is 19.5 Å². The summed E-state index contributed by atoms with van der Waals surface area (Å²) in [7, 11) is 1.54. The Hall–Kier alpha value is -4.24. The SMILES string of the molecule is CCOc1ccc(/C=C(\C#N)C(=O)Nc2ccc(OCc3ccccc3)cc2)cc1OC. The molecule has 0 fully saturated rings. The van der Waals surface area contributed by atoms with Gasteiger partial charge in [0.25, 0.3) is 5.91 Å². The summed E-state index contributed by atoms with van der Waals surface area (Å²) in [6, 6.07) is 24.0. The van der Waals surface area contributed by atoms with Gasteiger partial charge in [0.1, 0.15) is 24.0 Å². The molecule has 0 saturated carbocycles. The van der Waals surface area contributed by atoms with Crippen LogP contribution in [0.2, 0.25) is 0 Å². The summed E-state index contributed by atoms with van der Waals surface area (Å²) < 4.78 is 16.6. The molecule has 6 heteroatoms. The van der Waals surface area contributed by atoms with Gasteiger partial charge in [0, 0.05) is 5.69 Å². The molecule has 3 aromatic rings. The van der Waals surface area contributed by atoms with E-state index in [0.717, 1.165) is 5.56 Å². The number of hydrogen-bond acceptors (Lipinski definition) is 5. The van der Waals surface area contributed by atoms with Gasteiger partial charge in [-0.05, 0) is 60.5 Å². The molecule has 3 rings (SSSR count). The van der Waals surface area contributed by atoms with Crippen molar-refractivity contribution < 1.29 is 19.0 Å². The number of ether oxygens (including phenoxy) is 3. The minimum absolute atomic E-state index is 0.0272. The lowest BCUT2D eigenvalue weighted by atomic mass is 10.1. The smallest absolute Gasteiger partial charge is 0.266 e. The Morgan fingerprint density at radius 1 is 1.00 bits per heavy atom. The summed E-state index contributed by atoms with van der Waals surface area (Å²) in [6.45, 7) is 2.85. The van der Waals surface area contributed by atoms with Gasteiger partial charge in [0.15, 0.2) is 11.5 Å². The fourth-order valence-corrected chi connectivity index (χ4v) is 2.94. The lowest BCUT2D eigenvalue weighted by molar-refractivity contribution is -0.112. The molecular weight excluding hydrogens is 404 g/mol. The molecule has 0 radical (unpaired) electrons. The van der Waals surface area contributed by atoms with E-state index in [2.05, 4.69) is 5.32 Å². The number of carbonyl (C=O) groups excluding carboxylic acids is 1. The zero-order valence-corrected chi connectivity index (χ0v) is 18.0. The molecule has 0 atom stereocenters. The van der Waals surface area contributed by atoms with Crippen molar-refractivity contribution in [1.29, 1.82) is 5.26 Å². The second-order valence-corrected chi connectivity index (χ2v) is 6.77. The number of anilines is 1. The topological polar surface area (TPSA) is 80.6 Å². The molecule has 1 amide bonds. The van der Waals surface area contributed by atoms with E-state index in [0.29, 0.717) is 41.7 Å². The minimum Gasteiger partial charge on any atom is -0.493 e. The molecule has 0 aliphatic rings. The van der Waals surface area contributed by atoms with Gasteiger partial charge >= 0.3 is 0 Å². The zero-order chi connectivity index (χ0) is 22.8. The number of hydrogen-bond donors (Lipinski definition) is 1. The monoisotopic (exact) mass is 428 g/mol. The Bertz CT molecular complexity index is 1120. The third-order valence-corrected chi connectivity index (χ3v) is 4.52. The molecule has 3 aromatic carbocycles. The molecule has 162 valence electrons. The average molecular weight is 428 g/mol. The average Bonchev–Trinajstić information content (AvgIpc) is 2.83. The lowest BCUT2D eigenvalue weighted by Gasteiger charge is -2.10. The highest BCUT2D eigenvalue weighted by molar-refractivity contribution is 6.09. The van der Waals surface area contributed by atoms with E-state index in [1.54, 1.807) is 42.5 Å². The predicted molar refractivity (Wildman–Crippen MR) is 124 cm³/mol. The molecule has 0 aliphatic carbocycles. The zero-order valence-electron chi connectivity index (χ0n) is 18.0. The summed E-state index contributed by atoms with van der Waals surface area (Å²) in [4.78, 5) is 12.6. The van der Waals surface area contributed by atoms with Crippen molar-refractivity contribution in [3.8, 4) is 23.3 Å². The van der Waals surface area contributed by atoms with Crippen LogP contribution >= 0.6 is 0 Å². The fraction of sp³-hybridized carbons (Fsp3) is 0.154. The van der Waals surface area contributed by atoms with Crippen LogP contribution in [0.3, 0.4) is 0 Å². The van der Waals surface area contributed by atoms with E-state index in [1.807, 2.05) is 43.3 Å². The summed E-state index contributed by atoms with van der Waals surface area (Å²) in [6.07, 6.45) is 1.50. The Morgan fingerprint density at radius 2 is 1.75 bits per heavy atom. The van der Waals surface area contributed by atoms with Crippen molar-refractivity contribution in [3.63, 3.8) is 0 Å². The molecule has 1 N–H and O–H groups in total. The number of methoxy groups -OCH3 is 1. The van der Waals surface area contributed by atoms with Crippen LogP contribution in [-0.4, -0.2) is 19.6 Å². The highest BCUT2D eigenvalue weighted by Gasteiger charge is 2.11. The summed E-state index contributed by atoms with van der Waals surface area (Å²) >= 11 is 0. The number of nitriles is 1. The Kier molecular flexibility index (Phi) is 7.88. The van der Waals surface area contributed by atoms with Crippen LogP contribution in [0.25, 0.3) is 6.08 Å². The molecule has 0 aromatic heterocycles. The largest absolute Gasteiger partial charge is 0.493 e. The molecule has 0 bridgehead atoms. The van der Waals surface area contributed by atoms with Crippen LogP contribution in [-0.2, 0) is 11.4 Å². The number of amides is 1. The van der Waals surface area contributed by atoms with Crippen molar-refractivity contribution in [2.24, 2.45) is 0 Å². The van der Waals surface area contributed by atoms with Crippen molar-refractivity contribution in [3.05, 3.63) is 89.5 Å². The van der Waals surface area contributed by atoms with Gasteiger partial charge in [-0.2, -0.15) is 5.26 Å². The minimum atomic E-state index is -0.502.